The highest BCUT2D eigenvalue weighted by atomic mass is 31.2. The van der Waals surface area contributed by atoms with Crippen molar-refractivity contribution in [2.45, 2.75) is 24.7 Å². The van der Waals surface area contributed by atoms with E-state index in [-0.39, 0.29) is 6.29 Å². The van der Waals surface area contributed by atoms with Crippen LogP contribution >= 0.6 is 7.82 Å². The van der Waals surface area contributed by atoms with Crippen LogP contribution in [0.2, 0.25) is 0 Å². The number of phosphoric ester groups is 1. The highest BCUT2D eigenvalue weighted by Gasteiger charge is 2.32. The lowest BCUT2D eigenvalue weighted by Gasteiger charge is -2.24. The monoisotopic (exact) mass is 244 g/mol. The molecule has 5 N–H and O–H groups in total. The van der Waals surface area contributed by atoms with E-state index in [1.807, 2.05) is 0 Å². The second-order valence-corrected chi connectivity index (χ2v) is 3.97. The van der Waals surface area contributed by atoms with E-state index in [1.54, 1.807) is 0 Å². The zero-order chi connectivity index (χ0) is 12.1. The van der Waals surface area contributed by atoms with Gasteiger partial charge in [0.25, 0.3) is 0 Å². The fourth-order valence-electron chi connectivity index (χ4n) is 0.872. The highest BCUT2D eigenvalue weighted by Crippen LogP contribution is 2.39. The van der Waals surface area contributed by atoms with Gasteiger partial charge in [-0.3, -0.25) is 4.52 Å². The van der Waals surface area contributed by atoms with Gasteiger partial charge in [0, 0.05) is 6.42 Å². The van der Waals surface area contributed by atoms with Gasteiger partial charge in [0.1, 0.15) is 24.6 Å². The Kier molecular flexibility index (Phi) is 6.15. The molecule has 90 valence electrons. The van der Waals surface area contributed by atoms with Crippen molar-refractivity contribution in [2.24, 2.45) is 0 Å². The van der Waals surface area contributed by atoms with Crippen molar-refractivity contribution in [3.8, 4) is 0 Å². The molecule has 0 aliphatic carbocycles. The Labute approximate surface area is 85.4 Å². The molecular weight excluding hydrogens is 231 g/mol. The van der Waals surface area contributed by atoms with Gasteiger partial charge < -0.3 is 29.9 Å². The van der Waals surface area contributed by atoms with Crippen LogP contribution in [0, 0.1) is 0 Å². The van der Waals surface area contributed by atoms with E-state index in [2.05, 4.69) is 4.52 Å². The number of aldehydes is 1. The Morgan fingerprint density at radius 1 is 1.33 bits per heavy atom. The van der Waals surface area contributed by atoms with E-state index in [9.17, 15) is 14.5 Å². The molecule has 3 unspecified atom stereocenters. The molecule has 0 spiro atoms. The maximum absolute atomic E-state index is 10.4. The number of carbonyl (C=O) groups excluding carboxylic acids is 1. The van der Waals surface area contributed by atoms with Crippen molar-refractivity contribution in [3.63, 3.8) is 0 Å². The van der Waals surface area contributed by atoms with Crippen LogP contribution in [-0.2, 0) is 13.9 Å². The molecule has 0 aliphatic rings. The molecule has 0 rings (SSSR count). The first-order chi connectivity index (χ1) is 6.81. The number of hydrogen-bond donors (Lipinski definition) is 5. The molecule has 0 aromatic rings. The number of phosphoric acid groups is 1. The number of rotatable bonds is 7. The van der Waals surface area contributed by atoms with E-state index in [0.717, 1.165) is 0 Å². The minimum Gasteiger partial charge on any atom is -0.394 e. The van der Waals surface area contributed by atoms with Gasteiger partial charge in [-0.1, -0.05) is 0 Å². The van der Waals surface area contributed by atoms with Gasteiger partial charge in [-0.2, -0.15) is 0 Å². The minimum absolute atomic E-state index is 0.271. The summed E-state index contributed by atoms with van der Waals surface area (Å²) in [6, 6.07) is 0. The quantitative estimate of drug-likeness (QED) is 0.250. The largest absolute Gasteiger partial charge is 0.469 e. The first kappa shape index (κ1) is 14.7. The fraction of sp³-hybridized carbons (Fsp3) is 0.833. The lowest BCUT2D eigenvalue weighted by molar-refractivity contribution is -0.114. The van der Waals surface area contributed by atoms with E-state index in [1.165, 1.54) is 0 Å². The van der Waals surface area contributed by atoms with E-state index >= 15 is 0 Å². The Balaban J connectivity index is 4.50. The maximum Gasteiger partial charge on any atom is 0.469 e. The minimum atomic E-state index is -4.87. The van der Waals surface area contributed by atoms with Crippen molar-refractivity contribution >= 4 is 14.1 Å². The molecular formula is C6H13O8P. The molecule has 8 nitrogen and oxygen atoms in total. The molecule has 0 saturated carbocycles. The average Bonchev–Trinajstić information content (AvgIpc) is 2.13. The van der Waals surface area contributed by atoms with E-state index in [0.29, 0.717) is 0 Å². The second-order valence-electron chi connectivity index (χ2n) is 2.78. The Morgan fingerprint density at radius 3 is 2.20 bits per heavy atom. The van der Waals surface area contributed by atoms with Crippen LogP contribution < -0.4 is 0 Å². The molecule has 0 amide bonds. The van der Waals surface area contributed by atoms with Crippen LogP contribution in [0.25, 0.3) is 0 Å². The normalized spacial score (nSPS) is 18.2. The van der Waals surface area contributed by atoms with Gasteiger partial charge in [0.05, 0.1) is 6.61 Å². The van der Waals surface area contributed by atoms with Gasteiger partial charge in [-0.05, 0) is 0 Å². The summed E-state index contributed by atoms with van der Waals surface area (Å²) in [7, 11) is -4.87. The van der Waals surface area contributed by atoms with Crippen molar-refractivity contribution < 1.29 is 39.0 Å². The van der Waals surface area contributed by atoms with Crippen LogP contribution in [0.15, 0.2) is 0 Å². The highest BCUT2D eigenvalue weighted by molar-refractivity contribution is 7.46. The van der Waals surface area contributed by atoms with Crippen LogP contribution in [0.5, 0.6) is 0 Å². The fourth-order valence-corrected chi connectivity index (χ4v) is 1.44. The summed E-state index contributed by atoms with van der Waals surface area (Å²) >= 11 is 0. The lowest BCUT2D eigenvalue weighted by Crippen LogP contribution is -2.40. The van der Waals surface area contributed by atoms with Gasteiger partial charge >= 0.3 is 7.82 Å². The van der Waals surface area contributed by atoms with E-state index < -0.39 is 39.2 Å². The average molecular weight is 244 g/mol. The summed E-state index contributed by atoms with van der Waals surface area (Å²) in [6.07, 6.45) is -5.20. The molecule has 15 heavy (non-hydrogen) atoms. The summed E-state index contributed by atoms with van der Waals surface area (Å²) in [4.78, 5) is 27.0. The Morgan fingerprint density at radius 2 is 1.87 bits per heavy atom. The molecule has 0 aromatic heterocycles. The third-order valence-corrected chi connectivity index (χ3v) is 2.11. The topological polar surface area (TPSA) is 145 Å². The van der Waals surface area contributed by atoms with Crippen LogP contribution in [0.1, 0.15) is 6.42 Å². The van der Waals surface area contributed by atoms with Crippen molar-refractivity contribution in [1.29, 1.82) is 0 Å². The summed E-state index contributed by atoms with van der Waals surface area (Å²) < 4.78 is 14.5. The standard InChI is InChI=1S/C6H13O8P/c7-2-1-5(14-15(11,12)13)6(10)4(9)3-8/h2,4-6,8-10H,1,3H2,(H2,11,12,13). The predicted molar refractivity (Wildman–Crippen MR) is 46.7 cm³/mol. The van der Waals surface area contributed by atoms with Gasteiger partial charge in [0.15, 0.2) is 0 Å². The molecule has 3 atom stereocenters. The summed E-state index contributed by atoms with van der Waals surface area (Å²) in [5.41, 5.74) is 0. The summed E-state index contributed by atoms with van der Waals surface area (Å²) in [6.45, 7) is -0.818. The third-order valence-electron chi connectivity index (χ3n) is 1.56. The smallest absolute Gasteiger partial charge is 0.394 e. The Bertz CT molecular complexity index is 237. The first-order valence-corrected chi connectivity index (χ1v) is 5.49. The summed E-state index contributed by atoms with van der Waals surface area (Å²) in [5.74, 6) is 0. The zero-order valence-corrected chi connectivity index (χ0v) is 8.53. The van der Waals surface area contributed by atoms with Gasteiger partial charge in [-0.25, -0.2) is 4.57 Å². The van der Waals surface area contributed by atoms with Crippen molar-refractivity contribution in [3.05, 3.63) is 0 Å². The number of carbonyl (C=O) groups is 1. The molecule has 9 heteroatoms. The third kappa shape index (κ3) is 5.95. The molecule has 0 aliphatic heterocycles. The first-order valence-electron chi connectivity index (χ1n) is 3.96. The van der Waals surface area contributed by atoms with E-state index in [4.69, 9.17) is 20.0 Å². The van der Waals surface area contributed by atoms with Gasteiger partial charge in [0.2, 0.25) is 0 Å². The number of aliphatic hydroxyl groups is 3. The SMILES string of the molecule is O=CCC(OP(=O)(O)O)C(O)C(O)CO. The molecule has 0 radical (unpaired) electrons. The van der Waals surface area contributed by atoms with Crippen molar-refractivity contribution in [2.75, 3.05) is 6.61 Å². The summed E-state index contributed by atoms with van der Waals surface area (Å²) in [5, 5.41) is 26.7. The Hall–Kier alpha value is -0.340. The van der Waals surface area contributed by atoms with Crippen LogP contribution in [0.3, 0.4) is 0 Å². The zero-order valence-electron chi connectivity index (χ0n) is 7.63. The lowest BCUT2D eigenvalue weighted by atomic mass is 10.1. The molecule has 0 fully saturated rings. The number of aliphatic hydroxyl groups excluding tert-OH is 3. The van der Waals surface area contributed by atoms with Crippen molar-refractivity contribution in [1.82, 2.24) is 0 Å². The predicted octanol–water partition coefficient (Wildman–Crippen LogP) is -2.23. The van der Waals surface area contributed by atoms with Gasteiger partial charge in [-0.15, -0.1) is 0 Å². The maximum atomic E-state index is 10.4. The second kappa shape index (κ2) is 6.29. The van der Waals surface area contributed by atoms with Crippen LogP contribution in [0.4, 0.5) is 0 Å². The van der Waals surface area contributed by atoms with Crippen LogP contribution in [-0.4, -0.2) is 56.3 Å². The molecule has 0 bridgehead atoms. The number of hydrogen-bond acceptors (Lipinski definition) is 6. The molecule has 0 saturated heterocycles. The molecule has 0 aromatic carbocycles. The molecule has 0 heterocycles.